The summed E-state index contributed by atoms with van der Waals surface area (Å²) in [4.78, 5) is 27.8. The fourth-order valence-corrected chi connectivity index (χ4v) is 4.17. The first-order chi connectivity index (χ1) is 11.7. The largest absolute Gasteiger partial charge is 0.482 e. The van der Waals surface area contributed by atoms with Gasteiger partial charge in [-0.15, -0.1) is 0 Å². The van der Waals surface area contributed by atoms with Crippen LogP contribution in [0.1, 0.15) is 12.0 Å². The van der Waals surface area contributed by atoms with Crippen LogP contribution in [-0.4, -0.2) is 57.1 Å². The molecular weight excluding hydrogens is 346 g/mol. The number of benzene rings is 1. The molecule has 2 amide bonds. The number of hydrogen-bond donors (Lipinski definition) is 1. The van der Waals surface area contributed by atoms with E-state index >= 15 is 0 Å². The molecule has 1 saturated heterocycles. The molecule has 1 unspecified atom stereocenters. The van der Waals surface area contributed by atoms with Crippen molar-refractivity contribution in [1.29, 1.82) is 0 Å². The first-order valence-corrected chi connectivity index (χ1v) is 9.76. The number of carbonyl (C=O) groups excluding carboxylic acids is 2. The number of sulfonamides is 1. The molecule has 2 aliphatic heterocycles. The highest BCUT2D eigenvalue weighted by atomic mass is 32.2. The average molecular weight is 367 g/mol. The second-order valence-corrected chi connectivity index (χ2v) is 8.22. The smallest absolute Gasteiger partial charge is 0.265 e. The lowest BCUT2D eigenvalue weighted by Crippen LogP contribution is -2.46. The molecule has 0 saturated carbocycles. The van der Waals surface area contributed by atoms with E-state index < -0.39 is 10.0 Å². The molecule has 1 aromatic carbocycles. The molecule has 8 nitrogen and oxygen atoms in total. The van der Waals surface area contributed by atoms with Crippen molar-refractivity contribution < 1.29 is 22.7 Å². The maximum absolute atomic E-state index is 12.6. The van der Waals surface area contributed by atoms with Gasteiger partial charge in [0, 0.05) is 13.1 Å². The van der Waals surface area contributed by atoms with E-state index in [2.05, 4.69) is 0 Å². The Kier molecular flexibility index (Phi) is 4.70. The lowest BCUT2D eigenvalue weighted by molar-refractivity contribution is -0.131. The highest BCUT2D eigenvalue weighted by molar-refractivity contribution is 7.89. The monoisotopic (exact) mass is 367 g/mol. The minimum Gasteiger partial charge on any atom is -0.482 e. The SMILES string of the molecule is Cc1ccc2c(c1)N(CC(=O)N1CCC(CS(N)(=O)=O)C1)C(=O)CO2. The molecule has 2 N–H and O–H groups in total. The number of rotatable bonds is 4. The number of nitrogens with two attached hydrogens (primary N) is 1. The molecule has 0 bridgehead atoms. The number of ether oxygens (including phenoxy) is 1. The number of carbonyl (C=O) groups is 2. The third kappa shape index (κ3) is 4.10. The van der Waals surface area contributed by atoms with Crippen molar-refractivity contribution >= 4 is 27.5 Å². The molecule has 2 heterocycles. The number of amides is 2. The number of hydrogen-bond acceptors (Lipinski definition) is 5. The van der Waals surface area contributed by atoms with Gasteiger partial charge in [-0.3, -0.25) is 14.5 Å². The molecule has 136 valence electrons. The van der Waals surface area contributed by atoms with Gasteiger partial charge in [-0.2, -0.15) is 0 Å². The van der Waals surface area contributed by atoms with Crippen molar-refractivity contribution in [2.75, 3.05) is 36.9 Å². The van der Waals surface area contributed by atoms with Gasteiger partial charge < -0.3 is 9.64 Å². The van der Waals surface area contributed by atoms with Crippen LogP contribution in [0.3, 0.4) is 0 Å². The molecule has 25 heavy (non-hydrogen) atoms. The molecule has 0 spiro atoms. The maximum atomic E-state index is 12.6. The molecule has 0 aliphatic carbocycles. The fraction of sp³-hybridized carbons (Fsp3) is 0.500. The Morgan fingerprint density at radius 1 is 1.40 bits per heavy atom. The van der Waals surface area contributed by atoms with Crippen LogP contribution in [-0.2, 0) is 19.6 Å². The first kappa shape index (κ1) is 17.7. The summed E-state index contributed by atoms with van der Waals surface area (Å²) in [5.41, 5.74) is 1.55. The van der Waals surface area contributed by atoms with Gasteiger partial charge in [-0.25, -0.2) is 13.6 Å². The van der Waals surface area contributed by atoms with Gasteiger partial charge in [0.05, 0.1) is 11.4 Å². The highest BCUT2D eigenvalue weighted by Gasteiger charge is 2.32. The summed E-state index contributed by atoms with van der Waals surface area (Å²) in [5, 5.41) is 5.07. The zero-order valence-corrected chi connectivity index (χ0v) is 14.8. The minimum absolute atomic E-state index is 0.0826. The van der Waals surface area contributed by atoms with E-state index in [4.69, 9.17) is 9.88 Å². The van der Waals surface area contributed by atoms with E-state index in [0.717, 1.165) is 5.56 Å². The molecule has 0 radical (unpaired) electrons. The summed E-state index contributed by atoms with van der Waals surface area (Å²) >= 11 is 0. The van der Waals surface area contributed by atoms with Crippen LogP contribution in [0.25, 0.3) is 0 Å². The van der Waals surface area contributed by atoms with E-state index in [1.807, 2.05) is 19.1 Å². The third-order valence-corrected chi connectivity index (χ3v) is 5.39. The highest BCUT2D eigenvalue weighted by Crippen LogP contribution is 2.33. The Labute approximate surface area is 146 Å². The van der Waals surface area contributed by atoms with Crippen LogP contribution in [0, 0.1) is 12.8 Å². The Morgan fingerprint density at radius 2 is 2.16 bits per heavy atom. The van der Waals surface area contributed by atoms with Crippen molar-refractivity contribution in [3.05, 3.63) is 23.8 Å². The third-order valence-electron chi connectivity index (χ3n) is 4.46. The predicted octanol–water partition coefficient (Wildman–Crippen LogP) is -0.143. The molecule has 2 aliphatic rings. The maximum Gasteiger partial charge on any atom is 0.265 e. The first-order valence-electron chi connectivity index (χ1n) is 8.05. The molecular formula is C16H21N3O5S. The summed E-state index contributed by atoms with van der Waals surface area (Å²) < 4.78 is 27.8. The van der Waals surface area contributed by atoms with Crippen LogP contribution in [0.15, 0.2) is 18.2 Å². The van der Waals surface area contributed by atoms with E-state index in [-0.39, 0.29) is 36.6 Å². The second-order valence-electron chi connectivity index (χ2n) is 6.56. The molecule has 1 atom stereocenters. The van der Waals surface area contributed by atoms with Crippen molar-refractivity contribution in [3.8, 4) is 5.75 Å². The molecule has 1 aromatic rings. The zero-order valence-electron chi connectivity index (χ0n) is 14.0. The number of likely N-dealkylation sites (tertiary alicyclic amines) is 1. The van der Waals surface area contributed by atoms with Gasteiger partial charge in [0.15, 0.2) is 6.61 Å². The molecule has 3 rings (SSSR count). The average Bonchev–Trinajstić information content (AvgIpc) is 2.96. The van der Waals surface area contributed by atoms with E-state index in [9.17, 15) is 18.0 Å². The normalized spacial score (nSPS) is 20.4. The van der Waals surface area contributed by atoms with Crippen molar-refractivity contribution in [3.63, 3.8) is 0 Å². The standard InChI is InChI=1S/C16H21N3O5S/c1-11-2-3-14-13(6-11)19(16(21)9-24-14)8-15(20)18-5-4-12(7-18)10-25(17,22)23/h2-3,6,12H,4-5,7-10H2,1H3,(H2,17,22,23). The van der Waals surface area contributed by atoms with E-state index in [1.54, 1.807) is 11.0 Å². The second kappa shape index (κ2) is 6.64. The van der Waals surface area contributed by atoms with E-state index in [1.165, 1.54) is 4.90 Å². The summed E-state index contributed by atoms with van der Waals surface area (Å²) in [6.07, 6.45) is 0.592. The Balaban J connectivity index is 1.69. The van der Waals surface area contributed by atoms with Crippen LogP contribution < -0.4 is 14.8 Å². The van der Waals surface area contributed by atoms with Crippen molar-refractivity contribution in [2.45, 2.75) is 13.3 Å². The number of primary sulfonamides is 1. The molecule has 1 fully saturated rings. The van der Waals surface area contributed by atoms with Crippen LogP contribution >= 0.6 is 0 Å². The van der Waals surface area contributed by atoms with Crippen LogP contribution in [0.4, 0.5) is 5.69 Å². The Bertz CT molecular complexity index is 808. The number of anilines is 1. The van der Waals surface area contributed by atoms with E-state index in [0.29, 0.717) is 30.9 Å². The van der Waals surface area contributed by atoms with Gasteiger partial charge in [-0.1, -0.05) is 6.07 Å². The predicted molar refractivity (Wildman–Crippen MR) is 91.7 cm³/mol. The summed E-state index contributed by atoms with van der Waals surface area (Å²) in [6.45, 7) is 2.53. The number of aryl methyl sites for hydroxylation is 1. The minimum atomic E-state index is -3.56. The summed E-state index contributed by atoms with van der Waals surface area (Å²) in [5.74, 6) is -0.193. The molecule has 0 aromatic heterocycles. The number of fused-ring (bicyclic) bond motifs is 1. The number of nitrogens with zero attached hydrogens (tertiary/aromatic N) is 2. The zero-order chi connectivity index (χ0) is 18.2. The molecule has 9 heteroatoms. The summed E-state index contributed by atoms with van der Waals surface area (Å²) in [6, 6.07) is 5.48. The Hall–Kier alpha value is -2.13. The van der Waals surface area contributed by atoms with Gasteiger partial charge in [0.1, 0.15) is 12.3 Å². The lowest BCUT2D eigenvalue weighted by Gasteiger charge is -2.30. The van der Waals surface area contributed by atoms with Gasteiger partial charge in [-0.05, 0) is 37.0 Å². The van der Waals surface area contributed by atoms with Gasteiger partial charge in [0.2, 0.25) is 15.9 Å². The summed E-state index contributed by atoms with van der Waals surface area (Å²) in [7, 11) is -3.56. The van der Waals surface area contributed by atoms with Crippen molar-refractivity contribution in [1.82, 2.24) is 4.90 Å². The Morgan fingerprint density at radius 3 is 2.88 bits per heavy atom. The lowest BCUT2D eigenvalue weighted by atomic mass is 10.1. The van der Waals surface area contributed by atoms with Gasteiger partial charge >= 0.3 is 0 Å². The fourth-order valence-electron chi connectivity index (χ4n) is 3.24. The van der Waals surface area contributed by atoms with Crippen molar-refractivity contribution in [2.24, 2.45) is 11.1 Å². The topological polar surface area (TPSA) is 110 Å². The van der Waals surface area contributed by atoms with Crippen LogP contribution in [0.2, 0.25) is 0 Å². The quantitative estimate of drug-likeness (QED) is 0.796. The van der Waals surface area contributed by atoms with Gasteiger partial charge in [0.25, 0.3) is 5.91 Å². The van der Waals surface area contributed by atoms with Crippen LogP contribution in [0.5, 0.6) is 5.75 Å².